The van der Waals surface area contributed by atoms with Crippen LogP contribution in [0, 0.1) is 0 Å². The number of amides is 1. The third-order valence-corrected chi connectivity index (χ3v) is 5.89. The number of nitrogen functional groups attached to an aromatic ring is 1. The van der Waals surface area contributed by atoms with Gasteiger partial charge in [-0.3, -0.25) is 4.79 Å². The summed E-state index contributed by atoms with van der Waals surface area (Å²) in [6.07, 6.45) is -2.85. The van der Waals surface area contributed by atoms with Crippen molar-refractivity contribution in [3.05, 3.63) is 93.6 Å². The molecule has 1 amide bonds. The summed E-state index contributed by atoms with van der Waals surface area (Å²) in [7, 11) is 0. The van der Waals surface area contributed by atoms with Crippen LogP contribution in [0.4, 0.5) is 19.0 Å². The summed E-state index contributed by atoms with van der Waals surface area (Å²) >= 11 is 5.74. The van der Waals surface area contributed by atoms with Gasteiger partial charge in [0.05, 0.1) is 16.1 Å². The Hall–Kier alpha value is -3.06. The summed E-state index contributed by atoms with van der Waals surface area (Å²) < 4.78 is 39.8. The minimum atomic E-state index is -4.55. The molecule has 34 heavy (non-hydrogen) atoms. The van der Waals surface area contributed by atoms with Crippen molar-refractivity contribution in [1.82, 2.24) is 9.88 Å². The third-order valence-electron chi connectivity index (χ3n) is 5.56. The van der Waals surface area contributed by atoms with Crippen molar-refractivity contribution < 1.29 is 18.0 Å². The van der Waals surface area contributed by atoms with Crippen molar-refractivity contribution >= 4 is 23.3 Å². The van der Waals surface area contributed by atoms with E-state index in [9.17, 15) is 18.0 Å². The number of anilines is 1. The smallest absolute Gasteiger partial charge is 0.383 e. The van der Waals surface area contributed by atoms with Gasteiger partial charge in [0.1, 0.15) is 5.82 Å². The fourth-order valence-electron chi connectivity index (χ4n) is 3.56. The minimum absolute atomic E-state index is 0.0109. The lowest BCUT2D eigenvalue weighted by molar-refractivity contribution is -0.137. The summed E-state index contributed by atoms with van der Waals surface area (Å²) in [6.45, 7) is 6.81. The minimum Gasteiger partial charge on any atom is -0.383 e. The third kappa shape index (κ3) is 6.29. The molecule has 0 radical (unpaired) electrons. The monoisotopic (exact) mass is 489 g/mol. The van der Waals surface area contributed by atoms with Crippen molar-refractivity contribution in [1.29, 1.82) is 0 Å². The molecule has 0 aliphatic carbocycles. The Morgan fingerprint density at radius 1 is 1.03 bits per heavy atom. The van der Waals surface area contributed by atoms with Crippen molar-refractivity contribution in [3.8, 4) is 0 Å². The summed E-state index contributed by atoms with van der Waals surface area (Å²) in [5, 5.41) is -0.355. The van der Waals surface area contributed by atoms with E-state index in [0.29, 0.717) is 5.56 Å². The molecule has 180 valence electrons. The second-order valence-electron chi connectivity index (χ2n) is 9.17. The highest BCUT2D eigenvalue weighted by atomic mass is 35.5. The van der Waals surface area contributed by atoms with E-state index < -0.39 is 11.7 Å². The normalized spacial score (nSPS) is 12.0. The average molecular weight is 490 g/mol. The molecular weight excluding hydrogens is 463 g/mol. The molecule has 8 heteroatoms. The molecule has 0 saturated carbocycles. The Labute approximate surface area is 202 Å². The van der Waals surface area contributed by atoms with Crippen LogP contribution in [0.15, 0.2) is 60.8 Å². The molecule has 0 spiro atoms. The zero-order chi connectivity index (χ0) is 25.1. The summed E-state index contributed by atoms with van der Waals surface area (Å²) in [5.41, 5.74) is 7.75. The number of carbonyl (C=O) groups is 1. The Bertz CT molecular complexity index is 1160. The molecule has 0 unspecified atom stereocenters. The quantitative estimate of drug-likeness (QED) is 0.429. The fourth-order valence-corrected chi connectivity index (χ4v) is 3.79. The zero-order valence-corrected chi connectivity index (χ0v) is 20.0. The highest BCUT2D eigenvalue weighted by molar-refractivity contribution is 6.31. The van der Waals surface area contributed by atoms with Gasteiger partial charge in [0.15, 0.2) is 0 Å². The molecule has 0 atom stereocenters. The number of nitrogens with two attached hydrogens (primary N) is 1. The molecule has 1 aromatic heterocycles. The Morgan fingerprint density at radius 3 is 2.26 bits per heavy atom. The first-order valence-electron chi connectivity index (χ1n) is 10.8. The van der Waals surface area contributed by atoms with E-state index >= 15 is 0 Å². The maximum Gasteiger partial charge on any atom is 0.417 e. The molecule has 1 heterocycles. The highest BCUT2D eigenvalue weighted by Crippen LogP contribution is 2.35. The average Bonchev–Trinajstić information content (AvgIpc) is 2.76. The second kappa shape index (κ2) is 10.1. The zero-order valence-electron chi connectivity index (χ0n) is 19.3. The van der Waals surface area contributed by atoms with E-state index in [4.69, 9.17) is 17.3 Å². The second-order valence-corrected chi connectivity index (χ2v) is 9.58. The van der Waals surface area contributed by atoms with Gasteiger partial charge in [-0.05, 0) is 52.8 Å². The van der Waals surface area contributed by atoms with Crippen LogP contribution >= 0.6 is 11.6 Å². The van der Waals surface area contributed by atoms with Gasteiger partial charge in [-0.15, -0.1) is 0 Å². The van der Waals surface area contributed by atoms with Crippen LogP contribution in [-0.2, 0) is 24.6 Å². The summed E-state index contributed by atoms with van der Waals surface area (Å²) in [6, 6.07) is 15.0. The molecule has 3 aromatic rings. The van der Waals surface area contributed by atoms with Gasteiger partial charge in [0.25, 0.3) is 5.91 Å². The predicted octanol–water partition coefficient (Wildman–Crippen LogP) is 6.52. The first-order valence-corrected chi connectivity index (χ1v) is 11.2. The number of carbonyl (C=O) groups excluding carboxylic acids is 1. The molecule has 0 aliphatic rings. The summed E-state index contributed by atoms with van der Waals surface area (Å²) in [5.74, 6) is -0.234. The number of alkyl halides is 3. The van der Waals surface area contributed by atoms with Gasteiger partial charge >= 0.3 is 6.18 Å². The predicted molar refractivity (Wildman–Crippen MR) is 129 cm³/mol. The number of hydrogen-bond acceptors (Lipinski definition) is 3. The van der Waals surface area contributed by atoms with E-state index in [2.05, 4.69) is 25.8 Å². The first kappa shape index (κ1) is 25.6. The SMILES string of the molecule is CC(C)(C)c1ccc(CN(CCc2ccc(Cl)c(C(F)(F)F)c2)C(=O)c2cccnc2N)cc1. The number of benzene rings is 2. The van der Waals surface area contributed by atoms with Crippen molar-refractivity contribution in [2.24, 2.45) is 0 Å². The molecule has 0 fully saturated rings. The number of hydrogen-bond donors (Lipinski definition) is 1. The molecule has 3 rings (SSSR count). The van der Waals surface area contributed by atoms with Crippen LogP contribution in [0.2, 0.25) is 5.02 Å². The number of aromatic nitrogens is 1. The number of rotatable bonds is 6. The van der Waals surface area contributed by atoms with E-state index in [1.54, 1.807) is 17.0 Å². The number of nitrogens with zero attached hydrogens (tertiary/aromatic N) is 2. The van der Waals surface area contributed by atoms with Crippen molar-refractivity contribution in [2.45, 2.75) is 45.3 Å². The largest absolute Gasteiger partial charge is 0.417 e. The van der Waals surface area contributed by atoms with Crippen LogP contribution < -0.4 is 5.73 Å². The molecule has 0 saturated heterocycles. The number of pyridine rings is 1. The highest BCUT2D eigenvalue weighted by Gasteiger charge is 2.33. The van der Waals surface area contributed by atoms with E-state index in [1.165, 1.54) is 18.3 Å². The van der Waals surface area contributed by atoms with Gasteiger partial charge in [0, 0.05) is 19.3 Å². The Balaban J connectivity index is 1.87. The summed E-state index contributed by atoms with van der Waals surface area (Å²) in [4.78, 5) is 18.9. The number of halogens is 4. The lowest BCUT2D eigenvalue weighted by atomic mass is 9.87. The fraction of sp³-hybridized carbons (Fsp3) is 0.308. The maximum absolute atomic E-state index is 13.3. The van der Waals surface area contributed by atoms with E-state index in [0.717, 1.165) is 17.2 Å². The van der Waals surface area contributed by atoms with E-state index in [-0.39, 0.29) is 47.2 Å². The topological polar surface area (TPSA) is 59.2 Å². The van der Waals surface area contributed by atoms with Gasteiger partial charge in [0.2, 0.25) is 0 Å². The Kier molecular flexibility index (Phi) is 7.56. The van der Waals surface area contributed by atoms with Crippen LogP contribution in [0.1, 0.15) is 53.4 Å². The molecule has 0 aliphatic heterocycles. The lowest BCUT2D eigenvalue weighted by Crippen LogP contribution is -2.33. The van der Waals surface area contributed by atoms with Crippen LogP contribution in [0.5, 0.6) is 0 Å². The standard InChI is InChI=1S/C26H27ClF3N3O/c1-25(2,3)19-9-6-18(7-10-19)16-33(24(34)20-5-4-13-32-23(20)31)14-12-17-8-11-22(27)21(15-17)26(28,29)30/h4-11,13,15H,12,14,16H2,1-3H3,(H2,31,32). The first-order chi connectivity index (χ1) is 15.9. The van der Waals surface area contributed by atoms with Crippen LogP contribution in [-0.4, -0.2) is 22.3 Å². The van der Waals surface area contributed by atoms with Crippen LogP contribution in [0.25, 0.3) is 0 Å². The van der Waals surface area contributed by atoms with Crippen molar-refractivity contribution in [2.75, 3.05) is 12.3 Å². The molecule has 4 nitrogen and oxygen atoms in total. The molecular formula is C26H27ClF3N3O. The molecule has 2 aromatic carbocycles. The van der Waals surface area contributed by atoms with Gasteiger partial charge in [-0.2, -0.15) is 13.2 Å². The lowest BCUT2D eigenvalue weighted by Gasteiger charge is -2.25. The van der Waals surface area contributed by atoms with Gasteiger partial charge < -0.3 is 10.6 Å². The van der Waals surface area contributed by atoms with Crippen molar-refractivity contribution in [3.63, 3.8) is 0 Å². The molecule has 2 N–H and O–H groups in total. The Morgan fingerprint density at radius 2 is 1.68 bits per heavy atom. The maximum atomic E-state index is 13.3. The molecule has 0 bridgehead atoms. The van der Waals surface area contributed by atoms with Gasteiger partial charge in [-0.1, -0.05) is 62.7 Å². The van der Waals surface area contributed by atoms with E-state index in [1.807, 2.05) is 24.3 Å². The van der Waals surface area contributed by atoms with Gasteiger partial charge in [-0.25, -0.2) is 4.98 Å². The van der Waals surface area contributed by atoms with Crippen LogP contribution in [0.3, 0.4) is 0 Å².